The highest BCUT2D eigenvalue weighted by molar-refractivity contribution is 8.00. The molecule has 1 amide bonds. The molecule has 1 aromatic carbocycles. The molecule has 0 saturated heterocycles. The molecule has 0 aliphatic carbocycles. The van der Waals surface area contributed by atoms with E-state index in [9.17, 15) is 9.18 Å². The Balaban J connectivity index is 2.05. The molecule has 0 aliphatic heterocycles. The molecule has 1 rings (SSSR count). The fourth-order valence-electron chi connectivity index (χ4n) is 1.40. The van der Waals surface area contributed by atoms with Crippen molar-refractivity contribution in [2.45, 2.75) is 11.3 Å². The SMILES string of the molecule is COCCOCCCNC(=O)CSc1ccccc1F. The quantitative estimate of drug-likeness (QED) is 0.531. The van der Waals surface area contributed by atoms with Gasteiger partial charge in [-0.25, -0.2) is 4.39 Å². The Morgan fingerprint density at radius 3 is 2.85 bits per heavy atom. The zero-order valence-electron chi connectivity index (χ0n) is 11.6. The van der Waals surface area contributed by atoms with Gasteiger partial charge < -0.3 is 14.8 Å². The number of rotatable bonds is 10. The molecule has 112 valence electrons. The van der Waals surface area contributed by atoms with E-state index in [0.717, 1.165) is 6.42 Å². The van der Waals surface area contributed by atoms with Crippen LogP contribution in [-0.2, 0) is 14.3 Å². The number of thioether (sulfide) groups is 1. The summed E-state index contributed by atoms with van der Waals surface area (Å²) >= 11 is 1.20. The Kier molecular flexibility index (Phi) is 9.02. The van der Waals surface area contributed by atoms with Crippen molar-refractivity contribution >= 4 is 17.7 Å². The predicted octanol–water partition coefficient (Wildman–Crippen LogP) is 2.09. The number of nitrogens with one attached hydrogen (secondary N) is 1. The van der Waals surface area contributed by atoms with Crippen LogP contribution in [0.3, 0.4) is 0 Å². The second-order valence-electron chi connectivity index (χ2n) is 4.03. The van der Waals surface area contributed by atoms with Crippen LogP contribution in [0.4, 0.5) is 4.39 Å². The van der Waals surface area contributed by atoms with Crippen molar-refractivity contribution in [3.8, 4) is 0 Å². The van der Waals surface area contributed by atoms with Crippen LogP contribution in [0.1, 0.15) is 6.42 Å². The Morgan fingerprint density at radius 2 is 2.10 bits per heavy atom. The summed E-state index contributed by atoms with van der Waals surface area (Å²) in [6.45, 7) is 2.28. The summed E-state index contributed by atoms with van der Waals surface area (Å²) in [6.07, 6.45) is 0.750. The van der Waals surface area contributed by atoms with E-state index in [1.54, 1.807) is 25.3 Å². The molecule has 0 saturated carbocycles. The summed E-state index contributed by atoms with van der Waals surface area (Å²) in [6, 6.07) is 6.43. The van der Waals surface area contributed by atoms with Crippen molar-refractivity contribution in [1.82, 2.24) is 5.32 Å². The molecule has 0 aliphatic rings. The van der Waals surface area contributed by atoms with Crippen molar-refractivity contribution in [2.24, 2.45) is 0 Å². The molecule has 0 aromatic heterocycles. The minimum absolute atomic E-state index is 0.102. The van der Waals surface area contributed by atoms with Crippen LogP contribution in [0.2, 0.25) is 0 Å². The Morgan fingerprint density at radius 1 is 1.30 bits per heavy atom. The van der Waals surface area contributed by atoms with Crippen LogP contribution < -0.4 is 5.32 Å². The van der Waals surface area contributed by atoms with Gasteiger partial charge in [0.2, 0.25) is 5.91 Å². The molecule has 0 atom stereocenters. The maximum absolute atomic E-state index is 13.3. The normalized spacial score (nSPS) is 10.5. The number of ether oxygens (including phenoxy) is 2. The molecule has 0 radical (unpaired) electrons. The summed E-state index contributed by atoms with van der Waals surface area (Å²) < 4.78 is 23.4. The Bertz CT molecular complexity index is 404. The van der Waals surface area contributed by atoms with Gasteiger partial charge in [0, 0.05) is 25.2 Å². The summed E-state index contributed by atoms with van der Waals surface area (Å²) in [5.41, 5.74) is 0. The topological polar surface area (TPSA) is 47.6 Å². The number of carbonyl (C=O) groups is 1. The van der Waals surface area contributed by atoms with Gasteiger partial charge in [-0.3, -0.25) is 4.79 Å². The van der Waals surface area contributed by atoms with Gasteiger partial charge in [0.1, 0.15) is 5.82 Å². The van der Waals surface area contributed by atoms with E-state index < -0.39 is 0 Å². The van der Waals surface area contributed by atoms with Gasteiger partial charge in [-0.05, 0) is 18.6 Å². The first-order valence-corrected chi connectivity index (χ1v) is 7.43. The van der Waals surface area contributed by atoms with Crippen LogP contribution in [0.25, 0.3) is 0 Å². The third-order valence-electron chi connectivity index (χ3n) is 2.41. The van der Waals surface area contributed by atoms with E-state index in [1.807, 2.05) is 0 Å². The molecule has 0 spiro atoms. The highest BCUT2D eigenvalue weighted by Gasteiger charge is 2.05. The maximum atomic E-state index is 13.3. The number of hydrogen-bond donors (Lipinski definition) is 1. The lowest BCUT2D eigenvalue weighted by molar-refractivity contribution is -0.118. The lowest BCUT2D eigenvalue weighted by Crippen LogP contribution is -2.27. The lowest BCUT2D eigenvalue weighted by Gasteiger charge is -2.06. The summed E-state index contributed by atoms with van der Waals surface area (Å²) in [7, 11) is 1.62. The molecular formula is C14H20FNO3S. The van der Waals surface area contributed by atoms with E-state index in [2.05, 4.69) is 5.32 Å². The van der Waals surface area contributed by atoms with E-state index >= 15 is 0 Å². The molecule has 0 heterocycles. The minimum atomic E-state index is -0.295. The van der Waals surface area contributed by atoms with Crippen molar-refractivity contribution < 1.29 is 18.7 Å². The number of carbonyl (C=O) groups excluding carboxylic acids is 1. The van der Waals surface area contributed by atoms with Gasteiger partial charge in [-0.1, -0.05) is 12.1 Å². The predicted molar refractivity (Wildman–Crippen MR) is 77.4 cm³/mol. The van der Waals surface area contributed by atoms with Gasteiger partial charge in [0.05, 0.1) is 19.0 Å². The number of benzene rings is 1. The second-order valence-corrected chi connectivity index (χ2v) is 5.04. The Labute approximate surface area is 123 Å². The van der Waals surface area contributed by atoms with E-state index in [1.165, 1.54) is 17.8 Å². The van der Waals surface area contributed by atoms with Crippen molar-refractivity contribution in [3.05, 3.63) is 30.1 Å². The van der Waals surface area contributed by atoms with Gasteiger partial charge in [0.25, 0.3) is 0 Å². The van der Waals surface area contributed by atoms with Gasteiger partial charge in [-0.2, -0.15) is 0 Å². The molecular weight excluding hydrogens is 281 g/mol. The maximum Gasteiger partial charge on any atom is 0.230 e. The summed E-state index contributed by atoms with van der Waals surface area (Å²) in [5.74, 6) is -0.183. The standard InChI is InChI=1S/C14H20FNO3S/c1-18-9-10-19-8-4-7-16-14(17)11-20-13-6-3-2-5-12(13)15/h2-3,5-6H,4,7-11H2,1H3,(H,16,17). The third kappa shape index (κ3) is 7.47. The highest BCUT2D eigenvalue weighted by atomic mass is 32.2. The number of hydrogen-bond acceptors (Lipinski definition) is 4. The van der Waals surface area contributed by atoms with Crippen LogP contribution in [0.15, 0.2) is 29.2 Å². The van der Waals surface area contributed by atoms with Gasteiger partial charge in [-0.15, -0.1) is 11.8 Å². The van der Waals surface area contributed by atoms with E-state index in [-0.39, 0.29) is 17.5 Å². The first-order valence-electron chi connectivity index (χ1n) is 6.44. The molecule has 1 N–H and O–H groups in total. The van der Waals surface area contributed by atoms with Gasteiger partial charge in [0.15, 0.2) is 0 Å². The number of halogens is 1. The van der Waals surface area contributed by atoms with Crippen molar-refractivity contribution in [2.75, 3.05) is 39.2 Å². The number of amides is 1. The second kappa shape index (κ2) is 10.7. The molecule has 6 heteroatoms. The zero-order valence-corrected chi connectivity index (χ0v) is 12.4. The summed E-state index contributed by atoms with van der Waals surface area (Å²) in [4.78, 5) is 12.0. The fourth-order valence-corrected chi connectivity index (χ4v) is 2.17. The number of methoxy groups -OCH3 is 1. The van der Waals surface area contributed by atoms with Crippen LogP contribution in [0, 0.1) is 5.82 Å². The van der Waals surface area contributed by atoms with Gasteiger partial charge >= 0.3 is 0 Å². The smallest absolute Gasteiger partial charge is 0.230 e. The van der Waals surface area contributed by atoms with Crippen LogP contribution in [-0.4, -0.2) is 45.1 Å². The van der Waals surface area contributed by atoms with Crippen LogP contribution in [0.5, 0.6) is 0 Å². The average Bonchev–Trinajstić information content (AvgIpc) is 2.45. The largest absolute Gasteiger partial charge is 0.382 e. The highest BCUT2D eigenvalue weighted by Crippen LogP contribution is 2.20. The monoisotopic (exact) mass is 301 g/mol. The van der Waals surface area contributed by atoms with Crippen molar-refractivity contribution in [3.63, 3.8) is 0 Å². The third-order valence-corrected chi connectivity index (χ3v) is 3.46. The minimum Gasteiger partial charge on any atom is -0.382 e. The first-order chi connectivity index (χ1) is 9.74. The lowest BCUT2D eigenvalue weighted by atomic mass is 10.3. The van der Waals surface area contributed by atoms with E-state index in [0.29, 0.717) is 31.3 Å². The Hall–Kier alpha value is -1.11. The van der Waals surface area contributed by atoms with Crippen LogP contribution >= 0.6 is 11.8 Å². The molecule has 1 aromatic rings. The fraction of sp³-hybridized carbons (Fsp3) is 0.500. The molecule has 0 fully saturated rings. The molecule has 4 nitrogen and oxygen atoms in total. The van der Waals surface area contributed by atoms with Crippen molar-refractivity contribution in [1.29, 1.82) is 0 Å². The zero-order chi connectivity index (χ0) is 14.6. The van der Waals surface area contributed by atoms with E-state index in [4.69, 9.17) is 9.47 Å². The molecule has 0 bridgehead atoms. The first kappa shape index (κ1) is 16.9. The summed E-state index contributed by atoms with van der Waals surface area (Å²) in [5, 5.41) is 2.77. The average molecular weight is 301 g/mol. The molecule has 0 unspecified atom stereocenters. The molecule has 20 heavy (non-hydrogen) atoms.